The summed E-state index contributed by atoms with van der Waals surface area (Å²) >= 11 is 0. The number of rotatable bonds is 6. The van der Waals surface area contributed by atoms with Crippen molar-refractivity contribution in [1.82, 2.24) is 0 Å². The highest BCUT2D eigenvalue weighted by atomic mass is 15.4. The molecule has 0 N–H and O–H groups in total. The fraction of sp³-hybridized carbons (Fsp3) is 0.429. The monoisotopic (exact) mass is 919 g/mol. The lowest BCUT2D eigenvalue weighted by Crippen LogP contribution is -2.46. The number of hydrogen-bond donors (Lipinski definition) is 0. The van der Waals surface area contributed by atoms with Crippen LogP contribution in [0.1, 0.15) is 185 Å². The number of fused-ring (bicyclic) bond motifs is 18. The zero-order valence-corrected chi connectivity index (χ0v) is 43.9. The predicted octanol–water partition coefficient (Wildman–Crippen LogP) is 15.7. The molecule has 6 heterocycles. The molecular weight excluding hydrogens is 841 g/mol. The summed E-state index contributed by atoms with van der Waals surface area (Å²) in [6.07, 6.45) is 0. The van der Waals surface area contributed by atoms with Gasteiger partial charge >= 0.3 is 0 Å². The molecule has 0 amide bonds. The van der Waals surface area contributed by atoms with Crippen molar-refractivity contribution in [1.29, 1.82) is 0 Å². The first-order valence-electron chi connectivity index (χ1n) is 26.3. The van der Waals surface area contributed by atoms with E-state index in [0.29, 0.717) is 35.5 Å². The normalized spacial score (nSPS) is 15.9. The molecule has 0 fully saturated rings. The van der Waals surface area contributed by atoms with E-state index < -0.39 is 0 Å². The van der Waals surface area contributed by atoms with Gasteiger partial charge in [-0.3, -0.25) is 0 Å². The van der Waals surface area contributed by atoms with Gasteiger partial charge in [-0.1, -0.05) is 156 Å². The largest absolute Gasteiger partial charge is 0.349 e. The van der Waals surface area contributed by atoms with Gasteiger partial charge in [0.2, 0.25) is 0 Å². The average Bonchev–Trinajstić information content (AvgIpc) is 3.33. The van der Waals surface area contributed by atoms with E-state index in [-0.39, 0.29) is 0 Å². The van der Waals surface area contributed by atoms with Gasteiger partial charge in [-0.25, -0.2) is 0 Å². The molecular formula is C63H78N6. The van der Waals surface area contributed by atoms with E-state index in [2.05, 4.69) is 222 Å². The first-order chi connectivity index (χ1) is 33.1. The van der Waals surface area contributed by atoms with Crippen LogP contribution in [0.4, 0.5) is 34.1 Å². The zero-order valence-electron chi connectivity index (χ0n) is 43.9. The fourth-order valence-electron chi connectivity index (χ4n) is 11.5. The van der Waals surface area contributed by atoms with E-state index in [0.717, 1.165) is 59.3 Å². The van der Waals surface area contributed by atoms with Gasteiger partial charge in [-0.2, -0.15) is 0 Å². The molecule has 6 aromatic rings. The Morgan fingerprint density at radius 3 is 0.507 bits per heavy atom. The summed E-state index contributed by atoms with van der Waals surface area (Å²) < 4.78 is 0. The third kappa shape index (κ3) is 9.21. The molecule has 6 heteroatoms. The number of hydrogen-bond acceptors (Lipinski definition) is 6. The lowest BCUT2D eigenvalue weighted by Gasteiger charge is -2.45. The summed E-state index contributed by atoms with van der Waals surface area (Å²) in [4.78, 5) is 15.1. The summed E-state index contributed by atoms with van der Waals surface area (Å²) in [6.45, 7) is 36.5. The minimum Gasteiger partial charge on any atom is -0.349 e. The van der Waals surface area contributed by atoms with Crippen LogP contribution in [-0.2, 0) is 39.3 Å². The fourth-order valence-corrected chi connectivity index (χ4v) is 11.5. The molecule has 6 aliphatic rings. The maximum Gasteiger partial charge on any atom is 0.0910 e. The van der Waals surface area contributed by atoms with Crippen molar-refractivity contribution in [3.05, 3.63) is 176 Å². The van der Waals surface area contributed by atoms with Gasteiger partial charge < -0.3 is 29.4 Å². The molecule has 0 saturated carbocycles. The summed E-state index contributed by atoms with van der Waals surface area (Å²) in [5, 5.41) is 0. The van der Waals surface area contributed by atoms with Crippen molar-refractivity contribution < 1.29 is 0 Å². The topological polar surface area (TPSA) is 19.4 Å². The lowest BCUT2D eigenvalue weighted by molar-refractivity contribution is 0.647. The molecule has 6 aliphatic heterocycles. The van der Waals surface area contributed by atoms with Crippen molar-refractivity contribution in [2.75, 3.05) is 49.4 Å². The van der Waals surface area contributed by atoms with Gasteiger partial charge in [0.15, 0.2) is 0 Å². The molecule has 0 radical (unpaired) electrons. The van der Waals surface area contributed by atoms with Crippen molar-refractivity contribution in [2.45, 2.75) is 158 Å². The first kappa shape index (κ1) is 46.8. The Labute approximate surface area is 415 Å². The van der Waals surface area contributed by atoms with Gasteiger partial charge in [-0.05, 0) is 139 Å². The van der Waals surface area contributed by atoms with Crippen LogP contribution in [0.3, 0.4) is 0 Å². The second-order valence-electron chi connectivity index (χ2n) is 22.9. The minimum atomic E-state index is 0.591. The number of benzene rings is 6. The van der Waals surface area contributed by atoms with Gasteiger partial charge in [0.05, 0.1) is 20.0 Å². The lowest BCUT2D eigenvalue weighted by atomic mass is 9.94. The molecule has 0 saturated heterocycles. The Kier molecular flexibility index (Phi) is 12.8. The molecule has 6 bridgehead atoms. The Morgan fingerprint density at radius 2 is 0.377 bits per heavy atom. The smallest absolute Gasteiger partial charge is 0.0910 e. The highest BCUT2D eigenvalue weighted by molar-refractivity contribution is 5.71. The van der Waals surface area contributed by atoms with E-state index >= 15 is 0 Å². The van der Waals surface area contributed by atoms with E-state index in [1.54, 1.807) is 0 Å². The van der Waals surface area contributed by atoms with Gasteiger partial charge in [0.1, 0.15) is 0 Å². The van der Waals surface area contributed by atoms with Gasteiger partial charge in [0.25, 0.3) is 0 Å². The van der Waals surface area contributed by atoms with E-state index in [1.807, 2.05) is 0 Å². The van der Waals surface area contributed by atoms with Crippen LogP contribution in [0.2, 0.25) is 0 Å². The molecule has 0 aromatic heterocycles. The maximum atomic E-state index is 2.52. The highest BCUT2D eigenvalue weighted by Gasteiger charge is 2.33. The number of anilines is 6. The molecule has 0 aliphatic carbocycles. The minimum absolute atomic E-state index is 0.591. The quantitative estimate of drug-likeness (QED) is 0.165. The molecule has 12 rings (SSSR count). The van der Waals surface area contributed by atoms with Crippen LogP contribution >= 0.6 is 0 Å². The molecule has 0 atom stereocenters. The third-order valence-electron chi connectivity index (χ3n) is 15.9. The second-order valence-corrected chi connectivity index (χ2v) is 22.9. The van der Waals surface area contributed by atoms with Crippen LogP contribution in [0.5, 0.6) is 0 Å². The van der Waals surface area contributed by atoms with Crippen LogP contribution in [0, 0.1) is 0 Å². The van der Waals surface area contributed by atoms with Crippen molar-refractivity contribution in [3.63, 3.8) is 0 Å². The Morgan fingerprint density at radius 1 is 0.232 bits per heavy atom. The van der Waals surface area contributed by atoms with Crippen molar-refractivity contribution >= 4 is 34.1 Å². The van der Waals surface area contributed by atoms with Gasteiger partial charge in [0, 0.05) is 73.4 Å². The van der Waals surface area contributed by atoms with Crippen molar-refractivity contribution in [3.8, 4) is 0 Å². The highest BCUT2D eigenvalue weighted by Crippen LogP contribution is 2.43. The molecule has 0 unspecified atom stereocenters. The summed E-state index contributed by atoms with van der Waals surface area (Å²) in [6, 6.07) is 42.3. The number of nitrogens with zero attached hydrogens (tertiary/aromatic N) is 6. The molecule has 6 nitrogen and oxygen atoms in total. The SMILES string of the molecule is CC(C)c1ccc2c(c1)CN1CN2Cc2cc(C(C)C)ccc21.CC(C)c1ccc2c(c1)CN1CN2Cc2cc(C(C)C)ccc21.CC(C)c1ccc2c(c1)CN1CN2Cc2cc(C(C)C)ccc21. The average molecular weight is 919 g/mol. The van der Waals surface area contributed by atoms with Crippen LogP contribution in [0.15, 0.2) is 109 Å². The molecule has 360 valence electrons. The second kappa shape index (κ2) is 18.8. The molecule has 69 heavy (non-hydrogen) atoms. The van der Waals surface area contributed by atoms with Crippen LogP contribution < -0.4 is 29.4 Å². The van der Waals surface area contributed by atoms with Gasteiger partial charge in [-0.15, -0.1) is 0 Å². The predicted molar refractivity (Wildman–Crippen MR) is 295 cm³/mol. The first-order valence-corrected chi connectivity index (χ1v) is 26.3. The Balaban J connectivity index is 0.000000120. The summed E-state index contributed by atoms with van der Waals surface area (Å²) in [5.41, 5.74) is 26.0. The maximum absolute atomic E-state index is 2.52. The van der Waals surface area contributed by atoms with Crippen LogP contribution in [-0.4, -0.2) is 20.0 Å². The van der Waals surface area contributed by atoms with E-state index in [1.165, 1.54) is 101 Å². The van der Waals surface area contributed by atoms with E-state index in [4.69, 9.17) is 0 Å². The molecule has 6 aromatic carbocycles. The third-order valence-corrected chi connectivity index (χ3v) is 15.9. The molecule has 0 spiro atoms. The Bertz CT molecular complexity index is 2350. The van der Waals surface area contributed by atoms with E-state index in [9.17, 15) is 0 Å². The van der Waals surface area contributed by atoms with Crippen molar-refractivity contribution in [2.24, 2.45) is 0 Å². The summed E-state index contributed by atoms with van der Waals surface area (Å²) in [5.74, 6) is 3.54. The standard InChI is InChI=1S/3C21H26N2/c3*1-14(2)16-5-7-20-18(9-16)11-22-13-23(20)12-19-10-17(15(3)4)6-8-21(19)22/h3*5-10,14-15H,11-13H2,1-4H3. The zero-order chi connectivity index (χ0) is 48.4. The van der Waals surface area contributed by atoms with Crippen LogP contribution in [0.25, 0.3) is 0 Å². The summed E-state index contributed by atoms with van der Waals surface area (Å²) in [7, 11) is 0. The Hall–Kier alpha value is -5.88.